The van der Waals surface area contributed by atoms with E-state index in [0.29, 0.717) is 27.3 Å². The van der Waals surface area contributed by atoms with Crippen LogP contribution in [-0.4, -0.2) is 23.9 Å². The highest BCUT2D eigenvalue weighted by Crippen LogP contribution is 2.40. The molecule has 4 rings (SSSR count). The molecule has 30 heavy (non-hydrogen) atoms. The molecule has 7 heteroatoms. The molecule has 152 valence electrons. The molecule has 0 N–H and O–H groups in total. The number of anilines is 1. The Bertz CT molecular complexity index is 1190. The van der Waals surface area contributed by atoms with Gasteiger partial charge in [-0.05, 0) is 64.7 Å². The normalized spacial score (nSPS) is 15.3. The Morgan fingerprint density at radius 2 is 1.93 bits per heavy atom. The van der Waals surface area contributed by atoms with Crippen molar-refractivity contribution in [1.29, 1.82) is 0 Å². The van der Waals surface area contributed by atoms with Crippen LogP contribution in [0.3, 0.4) is 0 Å². The predicted octanol–water partition coefficient (Wildman–Crippen LogP) is 6.26. The minimum Gasteiger partial charge on any atom is -0.492 e. The SMILES string of the molecule is CCOc1cc(/C=C2\SC(=S)N(c3cccc4ccccc34)C2=O)cc(I)c1OC. The number of rotatable bonds is 5. The van der Waals surface area contributed by atoms with Crippen molar-refractivity contribution in [2.75, 3.05) is 18.6 Å². The summed E-state index contributed by atoms with van der Waals surface area (Å²) in [4.78, 5) is 15.5. The number of carbonyl (C=O) groups excluding carboxylic acids is 1. The van der Waals surface area contributed by atoms with E-state index in [9.17, 15) is 4.79 Å². The Balaban J connectivity index is 1.73. The Morgan fingerprint density at radius 3 is 2.70 bits per heavy atom. The highest BCUT2D eigenvalue weighted by Gasteiger charge is 2.34. The molecule has 1 amide bonds. The monoisotopic (exact) mass is 547 g/mol. The van der Waals surface area contributed by atoms with Crippen LogP contribution >= 0.6 is 46.6 Å². The molecule has 0 aliphatic carbocycles. The zero-order chi connectivity index (χ0) is 21.3. The number of hydrogen-bond donors (Lipinski definition) is 0. The van der Waals surface area contributed by atoms with Crippen LogP contribution in [0.5, 0.6) is 11.5 Å². The van der Waals surface area contributed by atoms with Gasteiger partial charge in [-0.25, -0.2) is 0 Å². The van der Waals surface area contributed by atoms with E-state index in [0.717, 1.165) is 25.6 Å². The van der Waals surface area contributed by atoms with E-state index in [1.807, 2.05) is 67.6 Å². The van der Waals surface area contributed by atoms with Gasteiger partial charge in [0.05, 0.1) is 27.9 Å². The largest absolute Gasteiger partial charge is 0.492 e. The summed E-state index contributed by atoms with van der Waals surface area (Å²) < 4.78 is 12.6. The van der Waals surface area contributed by atoms with E-state index >= 15 is 0 Å². The van der Waals surface area contributed by atoms with Crippen molar-refractivity contribution in [3.63, 3.8) is 0 Å². The summed E-state index contributed by atoms with van der Waals surface area (Å²) in [5, 5.41) is 2.06. The molecule has 0 atom stereocenters. The summed E-state index contributed by atoms with van der Waals surface area (Å²) in [5.74, 6) is 1.23. The van der Waals surface area contributed by atoms with Crippen LogP contribution in [0.4, 0.5) is 5.69 Å². The van der Waals surface area contributed by atoms with E-state index in [-0.39, 0.29) is 5.91 Å². The van der Waals surface area contributed by atoms with Crippen molar-refractivity contribution in [1.82, 2.24) is 0 Å². The smallest absolute Gasteiger partial charge is 0.270 e. The second-order valence-corrected chi connectivity index (χ2v) is 9.32. The third-order valence-electron chi connectivity index (χ3n) is 4.63. The summed E-state index contributed by atoms with van der Waals surface area (Å²) in [6.07, 6.45) is 1.86. The molecule has 1 aliphatic heterocycles. The zero-order valence-corrected chi connectivity index (χ0v) is 20.1. The van der Waals surface area contributed by atoms with Crippen LogP contribution in [0.1, 0.15) is 12.5 Å². The minimum atomic E-state index is -0.120. The predicted molar refractivity (Wildman–Crippen MR) is 136 cm³/mol. The Hall–Kier alpha value is -2.10. The molecule has 3 aromatic carbocycles. The summed E-state index contributed by atoms with van der Waals surface area (Å²) in [7, 11) is 1.62. The fourth-order valence-electron chi connectivity index (χ4n) is 3.36. The summed E-state index contributed by atoms with van der Waals surface area (Å²) in [6, 6.07) is 17.7. The summed E-state index contributed by atoms with van der Waals surface area (Å²) >= 11 is 9.09. The summed E-state index contributed by atoms with van der Waals surface area (Å²) in [6.45, 7) is 2.45. The second kappa shape index (κ2) is 8.95. The summed E-state index contributed by atoms with van der Waals surface area (Å²) in [5.41, 5.74) is 1.67. The number of ether oxygens (including phenoxy) is 2. The van der Waals surface area contributed by atoms with E-state index in [1.165, 1.54) is 11.8 Å². The topological polar surface area (TPSA) is 38.8 Å². The molecule has 0 aromatic heterocycles. The number of halogens is 1. The number of hydrogen-bond acceptors (Lipinski definition) is 5. The fourth-order valence-corrected chi connectivity index (χ4v) is 5.49. The van der Waals surface area contributed by atoms with Gasteiger partial charge in [0, 0.05) is 5.39 Å². The molecule has 4 nitrogen and oxygen atoms in total. The molecule has 1 aliphatic rings. The van der Waals surface area contributed by atoms with Gasteiger partial charge in [0.2, 0.25) is 0 Å². The Labute approximate surface area is 198 Å². The third kappa shape index (κ3) is 3.93. The first kappa shape index (κ1) is 21.1. The molecule has 0 unspecified atom stereocenters. The molecule has 1 heterocycles. The lowest BCUT2D eigenvalue weighted by Gasteiger charge is -2.17. The van der Waals surface area contributed by atoms with Gasteiger partial charge in [-0.2, -0.15) is 0 Å². The highest BCUT2D eigenvalue weighted by molar-refractivity contribution is 14.1. The fraction of sp³-hybridized carbons (Fsp3) is 0.130. The first-order valence-electron chi connectivity index (χ1n) is 9.29. The van der Waals surface area contributed by atoms with Crippen molar-refractivity contribution in [3.8, 4) is 11.5 Å². The van der Waals surface area contributed by atoms with Crippen LogP contribution in [0.15, 0.2) is 59.5 Å². The number of carbonyl (C=O) groups is 1. The van der Waals surface area contributed by atoms with Gasteiger partial charge >= 0.3 is 0 Å². The Kier molecular flexibility index (Phi) is 6.31. The van der Waals surface area contributed by atoms with E-state index in [4.69, 9.17) is 21.7 Å². The first-order valence-corrected chi connectivity index (χ1v) is 11.6. The van der Waals surface area contributed by atoms with Gasteiger partial charge in [0.1, 0.15) is 0 Å². The number of benzene rings is 3. The number of fused-ring (bicyclic) bond motifs is 1. The molecule has 3 aromatic rings. The average molecular weight is 547 g/mol. The molecular formula is C23H18INO3S2. The van der Waals surface area contributed by atoms with Gasteiger partial charge in [0.15, 0.2) is 15.8 Å². The van der Waals surface area contributed by atoms with Crippen LogP contribution in [0.2, 0.25) is 0 Å². The maximum absolute atomic E-state index is 13.3. The van der Waals surface area contributed by atoms with Gasteiger partial charge in [-0.3, -0.25) is 9.69 Å². The molecular weight excluding hydrogens is 529 g/mol. The third-order valence-corrected chi connectivity index (χ3v) is 6.74. The van der Waals surface area contributed by atoms with Crippen molar-refractivity contribution < 1.29 is 14.3 Å². The highest BCUT2D eigenvalue weighted by atomic mass is 127. The molecule has 0 radical (unpaired) electrons. The van der Waals surface area contributed by atoms with Crippen LogP contribution in [0, 0.1) is 3.57 Å². The van der Waals surface area contributed by atoms with E-state index in [2.05, 4.69) is 22.6 Å². The Morgan fingerprint density at radius 1 is 1.17 bits per heavy atom. The first-order chi connectivity index (χ1) is 14.5. The average Bonchev–Trinajstić information content (AvgIpc) is 3.00. The van der Waals surface area contributed by atoms with Crippen LogP contribution < -0.4 is 14.4 Å². The molecule has 1 fully saturated rings. The van der Waals surface area contributed by atoms with Crippen molar-refractivity contribution in [2.45, 2.75) is 6.92 Å². The standard InChI is InChI=1S/C23H18INO3S2/c1-3-28-19-12-14(11-17(24)21(19)27-2)13-20-22(26)25(23(29)30-20)18-10-6-8-15-7-4-5-9-16(15)18/h4-13H,3H2,1-2H3/b20-13-. The number of amides is 1. The van der Waals surface area contributed by atoms with Crippen LogP contribution in [-0.2, 0) is 4.79 Å². The lowest BCUT2D eigenvalue weighted by atomic mass is 10.1. The number of methoxy groups -OCH3 is 1. The molecule has 0 bridgehead atoms. The van der Waals surface area contributed by atoms with Crippen molar-refractivity contribution in [2.24, 2.45) is 0 Å². The van der Waals surface area contributed by atoms with Crippen molar-refractivity contribution in [3.05, 3.63) is 68.6 Å². The second-order valence-electron chi connectivity index (χ2n) is 6.48. The van der Waals surface area contributed by atoms with Crippen LogP contribution in [0.25, 0.3) is 16.8 Å². The quantitative estimate of drug-likeness (QED) is 0.214. The maximum atomic E-state index is 13.3. The van der Waals surface area contributed by atoms with Gasteiger partial charge in [0.25, 0.3) is 5.91 Å². The minimum absolute atomic E-state index is 0.120. The number of thioether (sulfide) groups is 1. The van der Waals surface area contributed by atoms with Gasteiger partial charge in [-0.1, -0.05) is 60.4 Å². The molecule has 0 saturated carbocycles. The van der Waals surface area contributed by atoms with Gasteiger partial charge < -0.3 is 9.47 Å². The molecule has 0 spiro atoms. The lowest BCUT2D eigenvalue weighted by Crippen LogP contribution is -2.27. The van der Waals surface area contributed by atoms with Gasteiger partial charge in [-0.15, -0.1) is 0 Å². The van der Waals surface area contributed by atoms with Crippen molar-refractivity contribution >= 4 is 79.3 Å². The zero-order valence-electron chi connectivity index (χ0n) is 16.3. The number of nitrogens with zero attached hydrogens (tertiary/aromatic N) is 1. The van der Waals surface area contributed by atoms with E-state index < -0.39 is 0 Å². The number of thiocarbonyl (C=S) groups is 1. The maximum Gasteiger partial charge on any atom is 0.270 e. The van der Waals surface area contributed by atoms with E-state index in [1.54, 1.807) is 12.0 Å². The molecule has 1 saturated heterocycles. The lowest BCUT2D eigenvalue weighted by molar-refractivity contribution is -0.113.